The van der Waals surface area contributed by atoms with Crippen molar-refractivity contribution < 1.29 is 24.2 Å². The van der Waals surface area contributed by atoms with Crippen molar-refractivity contribution in [3.05, 3.63) is 100 Å². The number of halogens is 1. The van der Waals surface area contributed by atoms with E-state index in [1.165, 1.54) is 4.90 Å². The third-order valence-corrected chi connectivity index (χ3v) is 6.24. The fraction of sp³-hybridized carbons (Fsp3) is 0.185. The van der Waals surface area contributed by atoms with Crippen molar-refractivity contribution in [2.45, 2.75) is 12.5 Å². The van der Waals surface area contributed by atoms with E-state index >= 15 is 0 Å². The monoisotopic (exact) mass is 475 g/mol. The summed E-state index contributed by atoms with van der Waals surface area (Å²) < 4.78 is 11.2. The number of hydrogen-bond donors (Lipinski definition) is 1. The Morgan fingerprint density at radius 3 is 2.47 bits per heavy atom. The number of aliphatic hydroxyl groups is 1. The lowest BCUT2D eigenvalue weighted by Crippen LogP contribution is -2.31. The molecule has 2 heterocycles. The maximum Gasteiger partial charge on any atom is 0.295 e. The third-order valence-electron chi connectivity index (χ3n) is 6.00. The molecule has 34 heavy (non-hydrogen) atoms. The van der Waals surface area contributed by atoms with Crippen molar-refractivity contribution in [2.75, 3.05) is 19.8 Å². The average Bonchev–Trinajstić information content (AvgIpc) is 3.12. The molecule has 0 aliphatic carbocycles. The van der Waals surface area contributed by atoms with Gasteiger partial charge in [-0.25, -0.2) is 0 Å². The van der Waals surface area contributed by atoms with Crippen LogP contribution in [0.5, 0.6) is 11.5 Å². The van der Waals surface area contributed by atoms with Gasteiger partial charge in [0, 0.05) is 17.1 Å². The summed E-state index contributed by atoms with van der Waals surface area (Å²) in [5.74, 6) is -0.599. The van der Waals surface area contributed by atoms with Crippen LogP contribution in [0.4, 0.5) is 0 Å². The van der Waals surface area contributed by atoms with E-state index in [1.807, 2.05) is 30.3 Å². The lowest BCUT2D eigenvalue weighted by molar-refractivity contribution is -0.139. The van der Waals surface area contributed by atoms with Gasteiger partial charge in [0.1, 0.15) is 19.0 Å². The van der Waals surface area contributed by atoms with Crippen molar-refractivity contribution in [3.8, 4) is 11.5 Å². The van der Waals surface area contributed by atoms with Crippen LogP contribution in [-0.4, -0.2) is 41.5 Å². The number of carbonyl (C=O) groups excluding carboxylic acids is 2. The Bertz CT molecular complexity index is 1290. The molecule has 5 rings (SSSR count). The molecule has 0 saturated carbocycles. The van der Waals surface area contributed by atoms with Crippen LogP contribution in [0.3, 0.4) is 0 Å². The first-order chi connectivity index (χ1) is 16.5. The van der Waals surface area contributed by atoms with Crippen LogP contribution in [0, 0.1) is 0 Å². The topological polar surface area (TPSA) is 76.1 Å². The summed E-state index contributed by atoms with van der Waals surface area (Å²) in [6, 6.07) is 20.9. The summed E-state index contributed by atoms with van der Waals surface area (Å²) in [6.07, 6.45) is 0.564. The number of amides is 1. The Kier molecular flexibility index (Phi) is 5.99. The van der Waals surface area contributed by atoms with Gasteiger partial charge in [-0.3, -0.25) is 9.59 Å². The lowest BCUT2D eigenvalue weighted by Gasteiger charge is -2.25. The Hall–Kier alpha value is -3.77. The summed E-state index contributed by atoms with van der Waals surface area (Å²) in [6.45, 7) is 1.15. The van der Waals surface area contributed by atoms with E-state index < -0.39 is 17.7 Å². The average molecular weight is 476 g/mol. The number of fused-ring (bicyclic) bond motifs is 1. The highest BCUT2D eigenvalue weighted by Gasteiger charge is 2.46. The first kappa shape index (κ1) is 22.0. The number of nitrogens with zero attached hydrogens (tertiary/aromatic N) is 1. The maximum absolute atomic E-state index is 13.2. The van der Waals surface area contributed by atoms with Crippen molar-refractivity contribution in [1.29, 1.82) is 0 Å². The molecule has 3 aromatic carbocycles. The number of ether oxygens (including phenoxy) is 2. The molecule has 2 aliphatic heterocycles. The molecule has 0 bridgehead atoms. The summed E-state index contributed by atoms with van der Waals surface area (Å²) in [4.78, 5) is 27.8. The van der Waals surface area contributed by atoms with Gasteiger partial charge < -0.3 is 19.5 Å². The van der Waals surface area contributed by atoms with Gasteiger partial charge in [0.2, 0.25) is 0 Å². The second-order valence-corrected chi connectivity index (χ2v) is 8.58. The molecule has 1 fully saturated rings. The number of hydrogen-bond acceptors (Lipinski definition) is 5. The molecular formula is C27H22ClNO5. The Labute approximate surface area is 202 Å². The van der Waals surface area contributed by atoms with Crippen molar-refractivity contribution >= 4 is 29.1 Å². The predicted molar refractivity (Wildman–Crippen MR) is 128 cm³/mol. The molecule has 0 unspecified atom stereocenters. The zero-order chi connectivity index (χ0) is 23.7. The summed E-state index contributed by atoms with van der Waals surface area (Å²) in [5.41, 5.74) is 2.09. The van der Waals surface area contributed by atoms with Gasteiger partial charge in [0.15, 0.2) is 11.5 Å². The highest BCUT2D eigenvalue weighted by molar-refractivity contribution is 6.46. The molecule has 0 radical (unpaired) electrons. The van der Waals surface area contributed by atoms with Crippen LogP contribution in [-0.2, 0) is 16.0 Å². The molecule has 1 atom stereocenters. The number of carbonyl (C=O) groups is 2. The number of ketones is 1. The third kappa shape index (κ3) is 4.13. The van der Waals surface area contributed by atoms with Crippen LogP contribution >= 0.6 is 11.6 Å². The van der Waals surface area contributed by atoms with E-state index in [4.69, 9.17) is 21.1 Å². The number of aliphatic hydroxyl groups excluding tert-OH is 1. The lowest BCUT2D eigenvalue weighted by atomic mass is 9.95. The minimum atomic E-state index is -0.768. The number of benzene rings is 3. The smallest absolute Gasteiger partial charge is 0.295 e. The zero-order valence-electron chi connectivity index (χ0n) is 18.2. The van der Waals surface area contributed by atoms with E-state index in [0.29, 0.717) is 53.8 Å². The van der Waals surface area contributed by atoms with Gasteiger partial charge in [0.05, 0.1) is 11.6 Å². The van der Waals surface area contributed by atoms with Crippen LogP contribution in [0.25, 0.3) is 5.76 Å². The van der Waals surface area contributed by atoms with Gasteiger partial charge in [-0.1, -0.05) is 54.1 Å². The molecule has 0 spiro atoms. The normalized spacial score (nSPS) is 18.9. The molecule has 7 heteroatoms. The van der Waals surface area contributed by atoms with Gasteiger partial charge >= 0.3 is 0 Å². The van der Waals surface area contributed by atoms with E-state index in [1.54, 1.807) is 42.5 Å². The Balaban J connectivity index is 1.58. The highest BCUT2D eigenvalue weighted by atomic mass is 35.5. The van der Waals surface area contributed by atoms with Crippen LogP contribution in [0.1, 0.15) is 22.7 Å². The van der Waals surface area contributed by atoms with Gasteiger partial charge in [-0.05, 0) is 47.9 Å². The fourth-order valence-corrected chi connectivity index (χ4v) is 4.57. The molecule has 2 aliphatic rings. The van der Waals surface area contributed by atoms with Crippen molar-refractivity contribution in [1.82, 2.24) is 4.90 Å². The quantitative estimate of drug-likeness (QED) is 0.326. The largest absolute Gasteiger partial charge is 0.507 e. The molecule has 0 aromatic heterocycles. The Morgan fingerprint density at radius 2 is 1.71 bits per heavy atom. The zero-order valence-corrected chi connectivity index (χ0v) is 19.0. The highest BCUT2D eigenvalue weighted by Crippen LogP contribution is 2.41. The Morgan fingerprint density at radius 1 is 0.941 bits per heavy atom. The van der Waals surface area contributed by atoms with Crippen LogP contribution in [0.15, 0.2) is 78.4 Å². The fourth-order valence-electron chi connectivity index (χ4n) is 4.37. The van der Waals surface area contributed by atoms with Gasteiger partial charge in [-0.15, -0.1) is 0 Å². The van der Waals surface area contributed by atoms with Gasteiger partial charge in [-0.2, -0.15) is 0 Å². The predicted octanol–water partition coefficient (Wildman–Crippen LogP) is 4.78. The number of rotatable bonds is 5. The minimum Gasteiger partial charge on any atom is -0.507 e. The first-order valence-electron chi connectivity index (χ1n) is 11.0. The van der Waals surface area contributed by atoms with E-state index in [0.717, 1.165) is 5.56 Å². The van der Waals surface area contributed by atoms with Crippen molar-refractivity contribution in [2.24, 2.45) is 0 Å². The van der Waals surface area contributed by atoms with Crippen LogP contribution in [0.2, 0.25) is 5.02 Å². The van der Waals surface area contributed by atoms with E-state index in [2.05, 4.69) is 0 Å². The van der Waals surface area contributed by atoms with Crippen molar-refractivity contribution in [3.63, 3.8) is 0 Å². The molecule has 6 nitrogen and oxygen atoms in total. The second kappa shape index (κ2) is 9.23. The van der Waals surface area contributed by atoms with Crippen LogP contribution < -0.4 is 9.47 Å². The minimum absolute atomic E-state index is 0.0250. The molecule has 1 N–H and O–H groups in total. The molecular weight excluding hydrogens is 454 g/mol. The SMILES string of the molecule is O=C1C(=O)N(CCc2ccccc2)[C@H](c2cccc(Cl)c2)C1=C(O)c1ccc2c(c1)OCCO2. The van der Waals surface area contributed by atoms with E-state index in [-0.39, 0.29) is 11.3 Å². The maximum atomic E-state index is 13.2. The van der Waals surface area contributed by atoms with Gasteiger partial charge in [0.25, 0.3) is 11.7 Å². The standard InChI is InChI=1S/C27H22ClNO5/c28-20-8-4-7-18(15-20)24-23(25(30)19-9-10-21-22(16-19)34-14-13-33-21)26(31)27(32)29(24)12-11-17-5-2-1-3-6-17/h1-10,15-16,24,30H,11-14H2/t24-/m1/s1. The molecule has 172 valence electrons. The summed E-state index contributed by atoms with van der Waals surface area (Å²) >= 11 is 6.24. The molecule has 3 aromatic rings. The summed E-state index contributed by atoms with van der Waals surface area (Å²) in [5, 5.41) is 11.7. The summed E-state index contributed by atoms with van der Waals surface area (Å²) in [7, 11) is 0. The number of likely N-dealkylation sites (tertiary alicyclic amines) is 1. The molecule has 1 saturated heterocycles. The number of Topliss-reactive ketones (excluding diaryl/α,β-unsaturated/α-hetero) is 1. The van der Waals surface area contributed by atoms with E-state index in [9.17, 15) is 14.7 Å². The second-order valence-electron chi connectivity index (χ2n) is 8.14. The first-order valence-corrected chi connectivity index (χ1v) is 11.4. The molecule has 1 amide bonds.